The van der Waals surface area contributed by atoms with Crippen LogP contribution >= 0.6 is 0 Å². The van der Waals surface area contributed by atoms with E-state index in [1.807, 2.05) is 42.5 Å². The normalized spacial score (nSPS) is 17.5. The number of nitrogens with one attached hydrogen (secondary N) is 1. The Balaban J connectivity index is 1.42. The van der Waals surface area contributed by atoms with Gasteiger partial charge in [0.1, 0.15) is 6.04 Å². The average Bonchev–Trinajstić information content (AvgIpc) is 3.57. The molecule has 2 heterocycles. The van der Waals surface area contributed by atoms with E-state index in [9.17, 15) is 9.59 Å². The van der Waals surface area contributed by atoms with Crippen LogP contribution in [0.4, 0.5) is 5.69 Å². The van der Waals surface area contributed by atoms with E-state index in [0.717, 1.165) is 47.9 Å². The Labute approximate surface area is 238 Å². The van der Waals surface area contributed by atoms with Crippen molar-refractivity contribution in [1.29, 1.82) is 0 Å². The third-order valence-electron chi connectivity index (χ3n) is 7.82. The van der Waals surface area contributed by atoms with Crippen LogP contribution in [-0.2, 0) is 16.0 Å². The lowest BCUT2D eigenvalue weighted by Gasteiger charge is -2.35. The van der Waals surface area contributed by atoms with E-state index in [1.165, 1.54) is 0 Å². The highest BCUT2D eigenvalue weighted by molar-refractivity contribution is 6.01. The molecule has 2 aromatic heterocycles. The fraction of sp³-hybridized carbons (Fsp3) is 0.333. The van der Waals surface area contributed by atoms with Crippen LogP contribution in [0.5, 0.6) is 5.88 Å². The van der Waals surface area contributed by atoms with Gasteiger partial charge in [0.15, 0.2) is 0 Å². The Morgan fingerprint density at radius 2 is 1.66 bits per heavy atom. The molecule has 0 radical (unpaired) electrons. The van der Waals surface area contributed by atoms with E-state index in [-0.39, 0.29) is 18.2 Å². The third kappa shape index (κ3) is 6.41. The van der Waals surface area contributed by atoms with E-state index in [4.69, 9.17) is 16.2 Å². The lowest BCUT2D eigenvalue weighted by molar-refractivity contribution is -0.127. The number of carbonyl (C=O) groups is 2. The predicted molar refractivity (Wildman–Crippen MR) is 155 cm³/mol. The van der Waals surface area contributed by atoms with Gasteiger partial charge in [-0.1, -0.05) is 24.3 Å². The molecule has 5 rings (SSSR count). The number of hydrogen-bond acceptors (Lipinski definition) is 8. The number of anilines is 1. The van der Waals surface area contributed by atoms with Crippen LogP contribution in [0.1, 0.15) is 31.2 Å². The molecule has 0 bridgehead atoms. The maximum absolute atomic E-state index is 14.1. The van der Waals surface area contributed by atoms with Crippen molar-refractivity contribution >= 4 is 17.5 Å². The number of primary amides is 1. The number of tetrazole rings is 1. The number of aromatic nitrogens is 5. The Bertz CT molecular complexity index is 1430. The number of nitrogens with zero attached hydrogens (tertiary/aromatic N) is 5. The fourth-order valence-corrected chi connectivity index (χ4v) is 5.41. The number of nitrogens with two attached hydrogens (primary N) is 2. The number of aromatic amines is 1. The van der Waals surface area contributed by atoms with Gasteiger partial charge in [0.05, 0.1) is 7.11 Å². The van der Waals surface area contributed by atoms with Crippen molar-refractivity contribution in [3.05, 3.63) is 72.4 Å². The van der Waals surface area contributed by atoms with Gasteiger partial charge in [0, 0.05) is 41.4 Å². The van der Waals surface area contributed by atoms with Crippen molar-refractivity contribution in [1.82, 2.24) is 25.6 Å². The summed E-state index contributed by atoms with van der Waals surface area (Å²) in [6.07, 6.45) is 5.26. The molecule has 0 aliphatic heterocycles. The molecule has 0 spiro atoms. The zero-order valence-corrected chi connectivity index (χ0v) is 22.9. The summed E-state index contributed by atoms with van der Waals surface area (Å²) in [6, 6.07) is 17.9. The van der Waals surface area contributed by atoms with Gasteiger partial charge in [0.25, 0.3) is 0 Å². The summed E-state index contributed by atoms with van der Waals surface area (Å²) in [5, 5.41) is 14.1. The van der Waals surface area contributed by atoms with Gasteiger partial charge < -0.3 is 16.2 Å². The topological polar surface area (TPSA) is 166 Å². The molecule has 2 amide bonds. The minimum atomic E-state index is -0.876. The second-order valence-corrected chi connectivity index (χ2v) is 10.4. The van der Waals surface area contributed by atoms with E-state index in [0.29, 0.717) is 29.9 Å². The standard InChI is InChI=1S/C30H34N8O3/c1-41-27-15-12-24(18-33-27)21-6-2-19(3-7-21)16-26(28(32)39)38(30(40)23-8-4-20(17-31)5-9-23)25-13-10-22(11-14-25)29-34-36-37-35-29/h2-3,6-7,10-15,18,20,23,26H,4-5,8-9,16-17,31H2,1H3,(H2,32,39)(H,34,35,36,37)/t20?,23?,26-/m0/s1. The zero-order valence-electron chi connectivity index (χ0n) is 22.9. The summed E-state index contributed by atoms with van der Waals surface area (Å²) >= 11 is 0. The number of rotatable bonds is 10. The van der Waals surface area contributed by atoms with Crippen molar-refractivity contribution in [2.24, 2.45) is 23.3 Å². The molecule has 0 saturated heterocycles. The molecule has 1 saturated carbocycles. The van der Waals surface area contributed by atoms with Gasteiger partial charge in [-0.3, -0.25) is 14.5 Å². The molecule has 1 atom stereocenters. The molecule has 11 heteroatoms. The summed E-state index contributed by atoms with van der Waals surface area (Å²) in [7, 11) is 1.58. The first-order valence-corrected chi connectivity index (χ1v) is 13.7. The first kappa shape index (κ1) is 27.9. The van der Waals surface area contributed by atoms with Crippen molar-refractivity contribution in [3.63, 3.8) is 0 Å². The fourth-order valence-electron chi connectivity index (χ4n) is 5.41. The number of benzene rings is 2. The number of ether oxygens (including phenoxy) is 1. The van der Waals surface area contributed by atoms with E-state index < -0.39 is 11.9 Å². The number of amides is 2. The van der Waals surface area contributed by atoms with E-state index >= 15 is 0 Å². The summed E-state index contributed by atoms with van der Waals surface area (Å²) in [5.41, 5.74) is 16.0. The third-order valence-corrected chi connectivity index (χ3v) is 7.82. The van der Waals surface area contributed by atoms with Gasteiger partial charge in [-0.05, 0) is 84.8 Å². The SMILES string of the molecule is COc1ccc(-c2ccc(C[C@@H](C(N)=O)N(C(=O)C3CCC(CN)CC3)c3ccc(-c4nn[nH]n4)cc3)cc2)cn1. The number of carbonyl (C=O) groups excluding carboxylic acids is 2. The number of hydrogen-bond donors (Lipinski definition) is 3. The van der Waals surface area contributed by atoms with Crippen LogP contribution in [0.3, 0.4) is 0 Å². The Morgan fingerprint density at radius 3 is 2.22 bits per heavy atom. The van der Waals surface area contributed by atoms with Crippen LogP contribution in [0.15, 0.2) is 66.9 Å². The molecule has 212 valence electrons. The molecular weight excluding hydrogens is 520 g/mol. The second-order valence-electron chi connectivity index (χ2n) is 10.4. The number of H-pyrrole nitrogens is 1. The quantitative estimate of drug-likeness (QED) is 0.269. The minimum Gasteiger partial charge on any atom is -0.481 e. The van der Waals surface area contributed by atoms with Crippen molar-refractivity contribution < 1.29 is 14.3 Å². The van der Waals surface area contributed by atoms with E-state index in [1.54, 1.807) is 36.4 Å². The van der Waals surface area contributed by atoms with Gasteiger partial charge in [-0.2, -0.15) is 5.21 Å². The van der Waals surface area contributed by atoms with Gasteiger partial charge >= 0.3 is 0 Å². The maximum atomic E-state index is 14.1. The molecule has 4 aromatic rings. The first-order chi connectivity index (χ1) is 20.0. The molecule has 0 unspecified atom stereocenters. The van der Waals surface area contributed by atoms with E-state index in [2.05, 4.69) is 25.6 Å². The molecule has 41 heavy (non-hydrogen) atoms. The molecule has 5 N–H and O–H groups in total. The minimum absolute atomic E-state index is 0.0995. The highest BCUT2D eigenvalue weighted by Crippen LogP contribution is 2.33. The first-order valence-electron chi connectivity index (χ1n) is 13.7. The van der Waals surface area contributed by atoms with Gasteiger partial charge in [-0.15, -0.1) is 10.2 Å². The van der Waals surface area contributed by atoms with Gasteiger partial charge in [0.2, 0.25) is 23.5 Å². The van der Waals surface area contributed by atoms with Crippen LogP contribution in [0.25, 0.3) is 22.5 Å². The summed E-state index contributed by atoms with van der Waals surface area (Å²) in [4.78, 5) is 32.9. The Morgan fingerprint density at radius 1 is 0.976 bits per heavy atom. The number of pyridine rings is 1. The molecule has 11 nitrogen and oxygen atoms in total. The predicted octanol–water partition coefficient (Wildman–Crippen LogP) is 3.13. The summed E-state index contributed by atoms with van der Waals surface area (Å²) in [5.74, 6) is 0.529. The van der Waals surface area contributed by atoms with Crippen LogP contribution in [0.2, 0.25) is 0 Å². The second kappa shape index (κ2) is 12.7. The van der Waals surface area contributed by atoms with Crippen LogP contribution in [0, 0.1) is 11.8 Å². The molecule has 1 aliphatic carbocycles. The summed E-state index contributed by atoms with van der Waals surface area (Å²) < 4.78 is 5.15. The Kier molecular flexibility index (Phi) is 8.64. The zero-order chi connectivity index (χ0) is 28.8. The largest absolute Gasteiger partial charge is 0.481 e. The summed E-state index contributed by atoms with van der Waals surface area (Å²) in [6.45, 7) is 0.620. The molecular formula is C30H34N8O3. The monoisotopic (exact) mass is 554 g/mol. The van der Waals surface area contributed by atoms with Crippen molar-refractivity contribution in [2.75, 3.05) is 18.6 Å². The van der Waals surface area contributed by atoms with Crippen LogP contribution < -0.4 is 21.1 Å². The highest BCUT2D eigenvalue weighted by Gasteiger charge is 2.36. The van der Waals surface area contributed by atoms with Crippen molar-refractivity contribution in [2.45, 2.75) is 38.1 Å². The van der Waals surface area contributed by atoms with Crippen molar-refractivity contribution in [3.8, 4) is 28.4 Å². The highest BCUT2D eigenvalue weighted by atomic mass is 16.5. The lowest BCUT2D eigenvalue weighted by Crippen LogP contribution is -2.52. The molecule has 1 aliphatic rings. The number of methoxy groups -OCH3 is 1. The molecule has 2 aromatic carbocycles. The maximum Gasteiger partial charge on any atom is 0.240 e. The van der Waals surface area contributed by atoms with Crippen LogP contribution in [-0.4, -0.2) is 57.1 Å². The average molecular weight is 555 g/mol. The van der Waals surface area contributed by atoms with Gasteiger partial charge in [-0.25, -0.2) is 4.98 Å². The molecule has 1 fully saturated rings. The Hall–Kier alpha value is -4.64. The lowest BCUT2D eigenvalue weighted by atomic mass is 9.81. The smallest absolute Gasteiger partial charge is 0.240 e.